The van der Waals surface area contributed by atoms with Crippen molar-refractivity contribution in [3.05, 3.63) is 65.7 Å². The fraction of sp³-hybridized carbons (Fsp3) is 0.348. The van der Waals surface area contributed by atoms with Crippen molar-refractivity contribution in [1.29, 1.82) is 0 Å². The Morgan fingerprint density at radius 3 is 2.66 bits per heavy atom. The molecule has 2 N–H and O–H groups in total. The van der Waals surface area contributed by atoms with E-state index < -0.39 is 0 Å². The first-order valence-electron chi connectivity index (χ1n) is 10.0. The van der Waals surface area contributed by atoms with Gasteiger partial charge < -0.3 is 10.4 Å². The van der Waals surface area contributed by atoms with Crippen molar-refractivity contribution in [3.8, 4) is 5.88 Å². The molecule has 0 unspecified atom stereocenters. The SMILES string of the molecule is C[C@@H](NC(=O)c1ccc(O)nc1)C1CCC(c2ccnc3ccc(F)cc23)CC1. The summed E-state index contributed by atoms with van der Waals surface area (Å²) >= 11 is 0. The van der Waals surface area contributed by atoms with Crippen LogP contribution in [0.1, 0.15) is 54.4 Å². The van der Waals surface area contributed by atoms with Crippen LogP contribution in [0.4, 0.5) is 4.39 Å². The second kappa shape index (κ2) is 8.15. The minimum atomic E-state index is -0.236. The third-order valence-electron chi connectivity index (χ3n) is 6.02. The highest BCUT2D eigenvalue weighted by atomic mass is 19.1. The maximum absolute atomic E-state index is 13.7. The Hall–Kier alpha value is -3.02. The molecule has 1 aliphatic carbocycles. The van der Waals surface area contributed by atoms with Gasteiger partial charge in [0.25, 0.3) is 5.91 Å². The second-order valence-electron chi connectivity index (χ2n) is 7.84. The van der Waals surface area contributed by atoms with Crippen molar-refractivity contribution in [2.75, 3.05) is 0 Å². The number of aromatic nitrogens is 2. The van der Waals surface area contributed by atoms with Crippen LogP contribution < -0.4 is 5.32 Å². The fourth-order valence-corrected chi connectivity index (χ4v) is 4.35. The summed E-state index contributed by atoms with van der Waals surface area (Å²) in [6, 6.07) is 9.79. The Morgan fingerprint density at radius 2 is 1.93 bits per heavy atom. The van der Waals surface area contributed by atoms with Gasteiger partial charge in [-0.3, -0.25) is 9.78 Å². The molecule has 1 aromatic carbocycles. The molecular formula is C23H24FN3O2. The summed E-state index contributed by atoms with van der Waals surface area (Å²) in [6.07, 6.45) is 7.18. The standard InChI is InChI=1S/C23H24FN3O2/c1-14(27-23(29)17-6-9-22(28)26-13-17)15-2-4-16(5-3-15)19-10-11-25-21-8-7-18(24)12-20(19)21/h6-16H,2-5H2,1H3,(H,26,28)(H,27,29)/t14-,15?,16?/m1/s1. The largest absolute Gasteiger partial charge is 0.493 e. The van der Waals surface area contributed by atoms with Crippen LogP contribution in [0.15, 0.2) is 48.8 Å². The van der Waals surface area contributed by atoms with E-state index in [0.29, 0.717) is 17.4 Å². The number of benzene rings is 1. The number of fused-ring (bicyclic) bond motifs is 1. The number of nitrogens with one attached hydrogen (secondary N) is 1. The Kier molecular flexibility index (Phi) is 5.43. The zero-order valence-corrected chi connectivity index (χ0v) is 16.3. The van der Waals surface area contributed by atoms with E-state index in [4.69, 9.17) is 0 Å². The van der Waals surface area contributed by atoms with Gasteiger partial charge in [-0.2, -0.15) is 0 Å². The third-order valence-corrected chi connectivity index (χ3v) is 6.02. The second-order valence-corrected chi connectivity index (χ2v) is 7.84. The number of hydrogen-bond acceptors (Lipinski definition) is 4. The van der Waals surface area contributed by atoms with Crippen LogP contribution in [0.25, 0.3) is 10.9 Å². The molecule has 6 heteroatoms. The van der Waals surface area contributed by atoms with Gasteiger partial charge in [0.05, 0.1) is 11.1 Å². The summed E-state index contributed by atoms with van der Waals surface area (Å²) in [5.74, 6) is 0.257. The quantitative estimate of drug-likeness (QED) is 0.681. The average Bonchev–Trinajstić information content (AvgIpc) is 2.74. The maximum atomic E-state index is 13.7. The average molecular weight is 393 g/mol. The van der Waals surface area contributed by atoms with E-state index in [9.17, 15) is 14.3 Å². The molecule has 1 amide bonds. The summed E-state index contributed by atoms with van der Waals surface area (Å²) < 4.78 is 13.7. The van der Waals surface area contributed by atoms with Gasteiger partial charge in [-0.05, 0) is 80.3 Å². The summed E-state index contributed by atoms with van der Waals surface area (Å²) in [6.45, 7) is 2.04. The normalized spacial score (nSPS) is 20.3. The molecule has 2 heterocycles. The van der Waals surface area contributed by atoms with Crippen molar-refractivity contribution < 1.29 is 14.3 Å². The molecule has 0 spiro atoms. The Bertz CT molecular complexity index is 1010. The molecular weight excluding hydrogens is 369 g/mol. The van der Waals surface area contributed by atoms with Crippen LogP contribution in [-0.2, 0) is 0 Å². The smallest absolute Gasteiger partial charge is 0.253 e. The van der Waals surface area contributed by atoms with Gasteiger partial charge in [0, 0.05) is 29.9 Å². The molecule has 2 aromatic heterocycles. The van der Waals surface area contributed by atoms with Gasteiger partial charge in [-0.15, -0.1) is 0 Å². The summed E-state index contributed by atoms with van der Waals surface area (Å²) in [5, 5.41) is 13.2. The molecule has 1 fully saturated rings. The highest BCUT2D eigenvalue weighted by Gasteiger charge is 2.28. The molecule has 3 aromatic rings. The van der Waals surface area contributed by atoms with Crippen LogP contribution in [0.5, 0.6) is 5.88 Å². The van der Waals surface area contributed by atoms with Crippen molar-refractivity contribution >= 4 is 16.8 Å². The number of amides is 1. The van der Waals surface area contributed by atoms with Gasteiger partial charge in [-0.1, -0.05) is 0 Å². The predicted octanol–water partition coefficient (Wildman–Crippen LogP) is 4.57. The Morgan fingerprint density at radius 1 is 1.14 bits per heavy atom. The third kappa shape index (κ3) is 4.21. The molecule has 1 saturated carbocycles. The monoisotopic (exact) mass is 393 g/mol. The lowest BCUT2D eigenvalue weighted by atomic mass is 9.75. The fourth-order valence-electron chi connectivity index (χ4n) is 4.35. The number of carbonyl (C=O) groups is 1. The number of halogens is 1. The van der Waals surface area contributed by atoms with Gasteiger partial charge >= 0.3 is 0 Å². The Labute approximate surface area is 169 Å². The highest BCUT2D eigenvalue weighted by Crippen LogP contribution is 2.39. The minimum absolute atomic E-state index is 0.0453. The molecule has 0 saturated heterocycles. The van der Waals surface area contributed by atoms with Crippen LogP contribution in [0, 0.1) is 11.7 Å². The summed E-state index contributed by atoms with van der Waals surface area (Å²) in [7, 11) is 0. The van der Waals surface area contributed by atoms with Crippen LogP contribution in [0.3, 0.4) is 0 Å². The summed E-state index contributed by atoms with van der Waals surface area (Å²) in [5.41, 5.74) is 2.43. The maximum Gasteiger partial charge on any atom is 0.253 e. The van der Waals surface area contributed by atoms with Gasteiger partial charge in [0.1, 0.15) is 5.82 Å². The lowest BCUT2D eigenvalue weighted by Crippen LogP contribution is -2.39. The highest BCUT2D eigenvalue weighted by molar-refractivity contribution is 5.94. The number of aromatic hydroxyl groups is 1. The zero-order valence-electron chi connectivity index (χ0n) is 16.3. The van der Waals surface area contributed by atoms with E-state index in [-0.39, 0.29) is 23.6 Å². The molecule has 5 nitrogen and oxygen atoms in total. The topological polar surface area (TPSA) is 75.1 Å². The van der Waals surface area contributed by atoms with Crippen molar-refractivity contribution in [1.82, 2.24) is 15.3 Å². The minimum Gasteiger partial charge on any atom is -0.493 e. The van der Waals surface area contributed by atoms with E-state index in [2.05, 4.69) is 15.3 Å². The van der Waals surface area contributed by atoms with E-state index in [1.165, 1.54) is 23.9 Å². The van der Waals surface area contributed by atoms with Gasteiger partial charge in [-0.25, -0.2) is 9.37 Å². The number of carbonyl (C=O) groups excluding carboxylic acids is 1. The molecule has 1 atom stereocenters. The van der Waals surface area contributed by atoms with E-state index in [1.807, 2.05) is 13.0 Å². The number of rotatable bonds is 4. The molecule has 0 radical (unpaired) electrons. The summed E-state index contributed by atoms with van der Waals surface area (Å²) in [4.78, 5) is 20.5. The molecule has 29 heavy (non-hydrogen) atoms. The van der Waals surface area contributed by atoms with Gasteiger partial charge in [0.2, 0.25) is 5.88 Å². The molecule has 0 bridgehead atoms. The van der Waals surface area contributed by atoms with Crippen molar-refractivity contribution in [2.24, 2.45) is 5.92 Å². The first-order valence-corrected chi connectivity index (χ1v) is 10.0. The van der Waals surface area contributed by atoms with Crippen LogP contribution in [-0.4, -0.2) is 27.0 Å². The number of pyridine rings is 2. The molecule has 150 valence electrons. The van der Waals surface area contributed by atoms with E-state index >= 15 is 0 Å². The van der Waals surface area contributed by atoms with Gasteiger partial charge in [0.15, 0.2) is 0 Å². The zero-order chi connectivity index (χ0) is 20.4. The van der Waals surface area contributed by atoms with E-state index in [0.717, 1.165) is 36.6 Å². The Balaban J connectivity index is 1.40. The van der Waals surface area contributed by atoms with Crippen LogP contribution >= 0.6 is 0 Å². The molecule has 1 aliphatic rings. The van der Waals surface area contributed by atoms with E-state index in [1.54, 1.807) is 24.4 Å². The molecule has 0 aliphatic heterocycles. The molecule has 4 rings (SSSR count). The number of hydrogen-bond donors (Lipinski definition) is 2. The van der Waals surface area contributed by atoms with Crippen molar-refractivity contribution in [3.63, 3.8) is 0 Å². The first-order chi connectivity index (χ1) is 14.0. The lowest BCUT2D eigenvalue weighted by Gasteiger charge is -2.33. The predicted molar refractivity (Wildman–Crippen MR) is 109 cm³/mol. The number of nitrogens with zero attached hydrogens (tertiary/aromatic N) is 2. The lowest BCUT2D eigenvalue weighted by molar-refractivity contribution is 0.0917. The van der Waals surface area contributed by atoms with Crippen molar-refractivity contribution in [2.45, 2.75) is 44.6 Å². The van der Waals surface area contributed by atoms with Crippen LogP contribution in [0.2, 0.25) is 0 Å². The first kappa shape index (κ1) is 19.3.